The van der Waals surface area contributed by atoms with E-state index in [-0.39, 0.29) is 11.3 Å². The van der Waals surface area contributed by atoms with Crippen molar-refractivity contribution in [3.8, 4) is 0 Å². The third-order valence-corrected chi connectivity index (χ3v) is 2.43. The molecular formula is C10H18N4O3. The minimum atomic E-state index is -0.318. The predicted octanol–water partition coefficient (Wildman–Crippen LogP) is 1.30. The molecule has 2 saturated heterocycles. The molecule has 2 aliphatic heterocycles. The Labute approximate surface area is 100 Å². The Morgan fingerprint density at radius 3 is 2.65 bits per heavy atom. The average molecular weight is 242 g/mol. The van der Waals surface area contributed by atoms with Crippen molar-refractivity contribution >= 4 is 6.47 Å². The molecule has 2 fully saturated rings. The number of azide groups is 1. The number of carbonyl (C=O) groups is 1. The Hall–Kier alpha value is -1.30. The number of carbonyl (C=O) groups excluding carboxylic acids is 1. The molecule has 7 heteroatoms. The average Bonchev–Trinajstić information content (AvgIpc) is 2.77. The van der Waals surface area contributed by atoms with E-state index < -0.39 is 0 Å². The molecule has 2 atom stereocenters. The van der Waals surface area contributed by atoms with Crippen molar-refractivity contribution < 1.29 is 14.3 Å². The monoisotopic (exact) mass is 242 g/mol. The Balaban J connectivity index is 0.000000185. The lowest BCUT2D eigenvalue weighted by molar-refractivity contribution is -0.138. The third-order valence-electron chi connectivity index (χ3n) is 2.43. The van der Waals surface area contributed by atoms with Gasteiger partial charge in [0.15, 0.2) is 0 Å². The normalized spacial score (nSPS) is 29.2. The van der Waals surface area contributed by atoms with Gasteiger partial charge in [-0.3, -0.25) is 9.69 Å². The zero-order valence-electron chi connectivity index (χ0n) is 10.4. The van der Waals surface area contributed by atoms with Gasteiger partial charge in [0.1, 0.15) is 11.3 Å². The first-order chi connectivity index (χ1) is 7.93. The van der Waals surface area contributed by atoms with Crippen molar-refractivity contribution in [2.24, 2.45) is 5.11 Å². The van der Waals surface area contributed by atoms with Crippen LogP contribution in [0, 0.1) is 0 Å². The van der Waals surface area contributed by atoms with Gasteiger partial charge in [-0.2, -0.15) is 0 Å². The highest BCUT2D eigenvalue weighted by atomic mass is 16.5. The topological polar surface area (TPSA) is 87.3 Å². The lowest BCUT2D eigenvalue weighted by Crippen LogP contribution is -2.18. The summed E-state index contributed by atoms with van der Waals surface area (Å²) in [6.07, 6.45) is 0. The summed E-state index contributed by atoms with van der Waals surface area (Å²) in [5, 5.41) is 3.48. The molecule has 17 heavy (non-hydrogen) atoms. The zero-order valence-corrected chi connectivity index (χ0v) is 10.4. The summed E-state index contributed by atoms with van der Waals surface area (Å²) in [6.45, 7) is 9.08. The van der Waals surface area contributed by atoms with E-state index in [0.717, 1.165) is 19.7 Å². The summed E-state index contributed by atoms with van der Waals surface area (Å²) in [7, 11) is 0. The molecule has 0 spiro atoms. The number of hydrogen-bond donors (Lipinski definition) is 0. The highest BCUT2D eigenvalue weighted by molar-refractivity contribution is 5.37. The van der Waals surface area contributed by atoms with E-state index in [1.807, 2.05) is 20.8 Å². The standard InChI is InChI=1S/C5H8N4O.C5H10O2/c6-8-7-3-5-4-9(5)1-2-10-5;1-5(2,3)7-4-6/h1-4H2;4H,1-3H3. The van der Waals surface area contributed by atoms with Crippen molar-refractivity contribution in [3.63, 3.8) is 0 Å². The molecule has 0 aromatic rings. The summed E-state index contributed by atoms with van der Waals surface area (Å²) >= 11 is 0. The van der Waals surface area contributed by atoms with E-state index in [2.05, 4.69) is 19.7 Å². The molecule has 0 saturated carbocycles. The van der Waals surface area contributed by atoms with Crippen LogP contribution in [0.2, 0.25) is 0 Å². The summed E-state index contributed by atoms with van der Waals surface area (Å²) in [4.78, 5) is 14.5. The molecule has 96 valence electrons. The molecular weight excluding hydrogens is 224 g/mol. The number of nitrogens with zero attached hydrogens (tertiary/aromatic N) is 4. The van der Waals surface area contributed by atoms with Crippen molar-refractivity contribution in [2.75, 3.05) is 26.2 Å². The van der Waals surface area contributed by atoms with Crippen LogP contribution in [0.25, 0.3) is 10.4 Å². The van der Waals surface area contributed by atoms with Gasteiger partial charge in [-0.05, 0) is 26.3 Å². The minimum Gasteiger partial charge on any atom is -0.462 e. The lowest BCUT2D eigenvalue weighted by Gasteiger charge is -2.14. The second-order valence-corrected chi connectivity index (χ2v) is 4.93. The largest absolute Gasteiger partial charge is 0.462 e. The van der Waals surface area contributed by atoms with Gasteiger partial charge in [0, 0.05) is 18.0 Å². The van der Waals surface area contributed by atoms with Crippen LogP contribution < -0.4 is 0 Å². The molecule has 0 radical (unpaired) electrons. The van der Waals surface area contributed by atoms with Crippen molar-refractivity contribution in [2.45, 2.75) is 32.1 Å². The summed E-state index contributed by atoms with van der Waals surface area (Å²) < 4.78 is 9.93. The first-order valence-corrected chi connectivity index (χ1v) is 5.45. The Kier molecular flexibility index (Phi) is 4.34. The summed E-state index contributed by atoms with van der Waals surface area (Å²) in [5.41, 5.74) is 7.55. The molecule has 0 aromatic carbocycles. The molecule has 0 N–H and O–H groups in total. The second-order valence-electron chi connectivity index (χ2n) is 4.93. The summed E-state index contributed by atoms with van der Waals surface area (Å²) in [6, 6.07) is 0. The molecule has 0 amide bonds. The molecule has 0 aliphatic carbocycles. The van der Waals surface area contributed by atoms with Crippen LogP contribution in [0.15, 0.2) is 5.11 Å². The molecule has 0 bridgehead atoms. The predicted molar refractivity (Wildman–Crippen MR) is 61.2 cm³/mol. The highest BCUT2D eigenvalue weighted by Gasteiger charge is 2.56. The van der Waals surface area contributed by atoms with E-state index in [0.29, 0.717) is 13.0 Å². The third kappa shape index (κ3) is 4.22. The van der Waals surface area contributed by atoms with Crippen LogP contribution in [-0.4, -0.2) is 48.9 Å². The van der Waals surface area contributed by atoms with Crippen LogP contribution >= 0.6 is 0 Å². The van der Waals surface area contributed by atoms with E-state index in [1.54, 1.807) is 0 Å². The fourth-order valence-electron chi connectivity index (χ4n) is 1.51. The first kappa shape index (κ1) is 13.8. The number of rotatable bonds is 3. The van der Waals surface area contributed by atoms with Crippen LogP contribution in [0.4, 0.5) is 0 Å². The van der Waals surface area contributed by atoms with Crippen LogP contribution in [0.3, 0.4) is 0 Å². The van der Waals surface area contributed by atoms with E-state index in [1.165, 1.54) is 0 Å². The summed E-state index contributed by atoms with van der Waals surface area (Å²) in [5.74, 6) is 0. The molecule has 7 nitrogen and oxygen atoms in total. The molecule has 2 unspecified atom stereocenters. The fraction of sp³-hybridized carbons (Fsp3) is 0.900. The number of ether oxygens (including phenoxy) is 2. The van der Waals surface area contributed by atoms with E-state index >= 15 is 0 Å². The maximum atomic E-state index is 9.60. The van der Waals surface area contributed by atoms with Crippen LogP contribution in [0.5, 0.6) is 0 Å². The highest BCUT2D eigenvalue weighted by Crippen LogP contribution is 2.37. The molecule has 0 aromatic heterocycles. The smallest absolute Gasteiger partial charge is 0.293 e. The van der Waals surface area contributed by atoms with Gasteiger partial charge >= 0.3 is 0 Å². The SMILES string of the molecule is CC(C)(C)OC=O.[N-]=[N+]=NCC12CN1CCO2. The number of hydrogen-bond acceptors (Lipinski definition) is 5. The van der Waals surface area contributed by atoms with Gasteiger partial charge in [0.05, 0.1) is 13.2 Å². The zero-order chi connectivity index (χ0) is 12.9. The van der Waals surface area contributed by atoms with Gasteiger partial charge in [-0.25, -0.2) is 0 Å². The van der Waals surface area contributed by atoms with Gasteiger partial charge in [-0.15, -0.1) is 0 Å². The maximum absolute atomic E-state index is 9.60. The quantitative estimate of drug-likeness (QED) is 0.245. The maximum Gasteiger partial charge on any atom is 0.293 e. The lowest BCUT2D eigenvalue weighted by atomic mass is 10.2. The van der Waals surface area contributed by atoms with Gasteiger partial charge < -0.3 is 9.47 Å². The Morgan fingerprint density at radius 2 is 2.35 bits per heavy atom. The fourth-order valence-corrected chi connectivity index (χ4v) is 1.51. The molecule has 2 rings (SSSR count). The Morgan fingerprint density at radius 1 is 1.65 bits per heavy atom. The van der Waals surface area contributed by atoms with Crippen molar-refractivity contribution in [1.82, 2.24) is 4.90 Å². The van der Waals surface area contributed by atoms with Crippen molar-refractivity contribution in [1.29, 1.82) is 0 Å². The van der Waals surface area contributed by atoms with Gasteiger partial charge in [0.2, 0.25) is 0 Å². The van der Waals surface area contributed by atoms with E-state index in [9.17, 15) is 4.79 Å². The Bertz CT molecular complexity index is 322. The molecule has 2 aliphatic rings. The van der Waals surface area contributed by atoms with Gasteiger partial charge in [-0.1, -0.05) is 5.11 Å². The number of morpholine rings is 1. The van der Waals surface area contributed by atoms with E-state index in [4.69, 9.17) is 10.3 Å². The first-order valence-electron chi connectivity index (χ1n) is 5.45. The second kappa shape index (κ2) is 5.35. The van der Waals surface area contributed by atoms with Gasteiger partial charge in [0.25, 0.3) is 6.47 Å². The van der Waals surface area contributed by atoms with Crippen LogP contribution in [-0.2, 0) is 14.3 Å². The molecule has 2 heterocycles. The number of fused-ring (bicyclic) bond motifs is 1. The van der Waals surface area contributed by atoms with Crippen LogP contribution in [0.1, 0.15) is 20.8 Å². The minimum absolute atomic E-state index is 0.174. The van der Waals surface area contributed by atoms with Crippen molar-refractivity contribution in [3.05, 3.63) is 10.4 Å².